The standard InChI is InChI=1S/C5H2F3N2O2/c6-5(7,8)3(11)12-4-9-1-2-10-4/h1-2H. The molecule has 65 valence electrons. The number of rotatable bonds is 0. The summed E-state index contributed by atoms with van der Waals surface area (Å²) in [4.78, 5) is 13.3. The molecule has 0 spiro atoms. The van der Waals surface area contributed by atoms with Gasteiger partial charge in [0.2, 0.25) is 0 Å². The molecule has 12 heavy (non-hydrogen) atoms. The molecule has 0 saturated heterocycles. The molecule has 1 aliphatic rings. The Morgan fingerprint density at radius 3 is 2.50 bits per heavy atom. The van der Waals surface area contributed by atoms with Crippen molar-refractivity contribution in [3.05, 3.63) is 12.4 Å². The van der Waals surface area contributed by atoms with E-state index in [1.807, 2.05) is 0 Å². The van der Waals surface area contributed by atoms with Gasteiger partial charge in [-0.15, -0.1) is 0 Å². The van der Waals surface area contributed by atoms with E-state index < -0.39 is 18.2 Å². The second kappa shape index (κ2) is 2.84. The van der Waals surface area contributed by atoms with Crippen LogP contribution >= 0.6 is 0 Å². The Hall–Kier alpha value is -1.53. The molecule has 4 nitrogen and oxygen atoms in total. The van der Waals surface area contributed by atoms with Crippen molar-refractivity contribution < 1.29 is 22.7 Å². The number of hydrogen-bond donors (Lipinski definition) is 0. The van der Waals surface area contributed by atoms with Crippen molar-refractivity contribution in [3.63, 3.8) is 0 Å². The Kier molecular flexibility index (Phi) is 2.03. The monoisotopic (exact) mass is 179 g/mol. The van der Waals surface area contributed by atoms with Crippen LogP contribution in [-0.4, -0.2) is 18.2 Å². The highest BCUT2D eigenvalue weighted by atomic mass is 19.4. The van der Waals surface area contributed by atoms with Gasteiger partial charge in [-0.1, -0.05) is 0 Å². The lowest BCUT2D eigenvalue weighted by Crippen LogP contribution is -2.29. The van der Waals surface area contributed by atoms with Gasteiger partial charge in [0, 0.05) is 0 Å². The fourth-order valence-electron chi connectivity index (χ4n) is 0.421. The minimum Gasteiger partial charge on any atom is -0.384 e. The van der Waals surface area contributed by atoms with Gasteiger partial charge in [-0.25, -0.2) is 15.1 Å². The third-order valence-corrected chi connectivity index (χ3v) is 0.852. The molecule has 0 aromatic heterocycles. The Morgan fingerprint density at radius 2 is 2.08 bits per heavy atom. The average Bonchev–Trinajstić information content (AvgIpc) is 2.37. The highest BCUT2D eigenvalue weighted by Gasteiger charge is 2.42. The number of carbonyl (C=O) groups is 1. The highest BCUT2D eigenvalue weighted by molar-refractivity contribution is 5.91. The molecular formula is C5H2F3N2O2. The van der Waals surface area contributed by atoms with Crippen LogP contribution in [0.25, 0.3) is 0 Å². The van der Waals surface area contributed by atoms with E-state index >= 15 is 0 Å². The lowest BCUT2D eigenvalue weighted by molar-refractivity contribution is -0.191. The van der Waals surface area contributed by atoms with Crippen molar-refractivity contribution in [3.8, 4) is 0 Å². The summed E-state index contributed by atoms with van der Waals surface area (Å²) in [7, 11) is 0. The first-order valence-electron chi connectivity index (χ1n) is 2.73. The van der Waals surface area contributed by atoms with Gasteiger partial charge >= 0.3 is 18.2 Å². The molecule has 1 rings (SSSR count). The van der Waals surface area contributed by atoms with Crippen molar-refractivity contribution in [2.45, 2.75) is 6.18 Å². The molecule has 1 radical (unpaired) electrons. The normalized spacial score (nSPS) is 15.4. The number of carbonyl (C=O) groups excluding carboxylic acids is 1. The summed E-state index contributed by atoms with van der Waals surface area (Å²) >= 11 is 0. The second-order valence-electron chi connectivity index (χ2n) is 1.73. The third kappa shape index (κ3) is 1.97. The summed E-state index contributed by atoms with van der Waals surface area (Å²) in [5.74, 6) is -2.33. The Bertz CT molecular complexity index is 256. The quantitative estimate of drug-likeness (QED) is 0.509. The first-order chi connectivity index (χ1) is 5.50. The average molecular weight is 179 g/mol. The van der Waals surface area contributed by atoms with Crippen LogP contribution < -0.4 is 5.32 Å². The van der Waals surface area contributed by atoms with Crippen molar-refractivity contribution in [1.29, 1.82) is 0 Å². The lowest BCUT2D eigenvalue weighted by Gasteiger charge is -2.04. The molecule has 0 fully saturated rings. The molecule has 7 heteroatoms. The van der Waals surface area contributed by atoms with Crippen LogP contribution in [0.2, 0.25) is 0 Å². The molecule has 0 saturated carbocycles. The van der Waals surface area contributed by atoms with E-state index in [4.69, 9.17) is 0 Å². The van der Waals surface area contributed by atoms with E-state index in [1.54, 1.807) is 0 Å². The van der Waals surface area contributed by atoms with E-state index in [1.165, 1.54) is 0 Å². The molecule has 0 aromatic rings. The molecule has 0 bridgehead atoms. The number of aliphatic imine (C=N–C) groups is 1. The maximum atomic E-state index is 11.5. The minimum atomic E-state index is -5.01. The minimum absolute atomic E-state index is 0.600. The van der Waals surface area contributed by atoms with Crippen molar-refractivity contribution >= 4 is 12.0 Å². The lowest BCUT2D eigenvalue weighted by atomic mass is 10.7. The van der Waals surface area contributed by atoms with E-state index in [2.05, 4.69) is 15.0 Å². The zero-order chi connectivity index (χ0) is 9.19. The van der Waals surface area contributed by atoms with Crippen LogP contribution in [0.3, 0.4) is 0 Å². The zero-order valence-electron chi connectivity index (χ0n) is 5.50. The number of hydrogen-bond acceptors (Lipinski definition) is 3. The summed E-state index contributed by atoms with van der Waals surface area (Å²) in [5, 5.41) is 3.22. The smallest absolute Gasteiger partial charge is 0.384 e. The van der Waals surface area contributed by atoms with Crippen molar-refractivity contribution in [1.82, 2.24) is 5.32 Å². The van der Waals surface area contributed by atoms with Gasteiger partial charge in [0.25, 0.3) is 0 Å². The molecule has 0 aliphatic carbocycles. The summed E-state index contributed by atoms with van der Waals surface area (Å²) < 4.78 is 38.3. The van der Waals surface area contributed by atoms with E-state index in [-0.39, 0.29) is 0 Å². The van der Waals surface area contributed by atoms with E-state index in [9.17, 15) is 18.0 Å². The summed E-state index contributed by atoms with van der Waals surface area (Å²) in [5.41, 5.74) is 0. The fraction of sp³-hybridized carbons (Fsp3) is 0.200. The molecule has 0 aromatic carbocycles. The first kappa shape index (κ1) is 8.57. The van der Waals surface area contributed by atoms with Crippen LogP contribution in [0.5, 0.6) is 0 Å². The Labute approximate surface area is 64.7 Å². The van der Waals surface area contributed by atoms with Gasteiger partial charge < -0.3 is 4.74 Å². The zero-order valence-corrected chi connectivity index (χ0v) is 5.50. The van der Waals surface area contributed by atoms with E-state index in [0.717, 1.165) is 12.4 Å². The highest BCUT2D eigenvalue weighted by Crippen LogP contribution is 2.16. The molecule has 1 aliphatic heterocycles. The summed E-state index contributed by atoms with van der Waals surface area (Å²) in [6.07, 6.45) is -2.79. The van der Waals surface area contributed by atoms with Crippen LogP contribution in [0.4, 0.5) is 13.2 Å². The van der Waals surface area contributed by atoms with Crippen LogP contribution in [0.15, 0.2) is 17.4 Å². The summed E-state index contributed by atoms with van der Waals surface area (Å²) in [6, 6.07) is -0.600. The molecule has 0 N–H and O–H groups in total. The number of alkyl halides is 3. The maximum absolute atomic E-state index is 11.5. The van der Waals surface area contributed by atoms with E-state index in [0.29, 0.717) is 0 Å². The second-order valence-corrected chi connectivity index (χ2v) is 1.73. The van der Waals surface area contributed by atoms with Gasteiger partial charge in [-0.3, -0.25) is 0 Å². The Balaban J connectivity index is 2.48. The van der Waals surface area contributed by atoms with Crippen LogP contribution in [-0.2, 0) is 9.53 Å². The van der Waals surface area contributed by atoms with Gasteiger partial charge in [0.05, 0.1) is 12.4 Å². The fourth-order valence-corrected chi connectivity index (χ4v) is 0.421. The topological polar surface area (TPSA) is 52.8 Å². The predicted molar refractivity (Wildman–Crippen MR) is 30.9 cm³/mol. The first-order valence-corrected chi connectivity index (χ1v) is 2.73. The van der Waals surface area contributed by atoms with Crippen molar-refractivity contribution in [2.75, 3.05) is 0 Å². The number of nitrogens with zero attached hydrogens (tertiary/aromatic N) is 2. The molecule has 0 unspecified atom stereocenters. The molecular weight excluding hydrogens is 177 g/mol. The van der Waals surface area contributed by atoms with Gasteiger partial charge in [-0.05, 0) is 0 Å². The molecule has 0 amide bonds. The third-order valence-electron chi connectivity index (χ3n) is 0.852. The maximum Gasteiger partial charge on any atom is 0.491 e. The van der Waals surface area contributed by atoms with Gasteiger partial charge in [0.1, 0.15) is 0 Å². The van der Waals surface area contributed by atoms with Crippen LogP contribution in [0.1, 0.15) is 0 Å². The number of halogens is 3. The molecule has 0 atom stereocenters. The number of amidine groups is 1. The largest absolute Gasteiger partial charge is 0.491 e. The van der Waals surface area contributed by atoms with Crippen LogP contribution in [0, 0.1) is 0 Å². The van der Waals surface area contributed by atoms with Gasteiger partial charge in [-0.2, -0.15) is 13.2 Å². The number of ether oxygens (including phenoxy) is 1. The summed E-state index contributed by atoms with van der Waals surface area (Å²) in [6.45, 7) is 0. The predicted octanol–water partition coefficient (Wildman–Crippen LogP) is 0.537. The Morgan fingerprint density at radius 1 is 1.42 bits per heavy atom. The number of esters is 1. The molecule has 1 heterocycles. The SMILES string of the molecule is O=C(OC1=NC=C[N]1)C(F)(F)F. The van der Waals surface area contributed by atoms with Gasteiger partial charge in [0.15, 0.2) is 0 Å². The van der Waals surface area contributed by atoms with Crippen molar-refractivity contribution in [2.24, 2.45) is 4.99 Å².